The van der Waals surface area contributed by atoms with E-state index in [1.807, 2.05) is 0 Å². The summed E-state index contributed by atoms with van der Waals surface area (Å²) < 4.78 is 5.38. The Kier molecular flexibility index (Phi) is 4.20. The van der Waals surface area contributed by atoms with E-state index in [4.69, 9.17) is 16.3 Å². The molecule has 3 heteroatoms. The van der Waals surface area contributed by atoms with E-state index in [-0.39, 0.29) is 12.2 Å². The predicted octanol–water partition coefficient (Wildman–Crippen LogP) is 1.55. The number of halogens is 1. The highest BCUT2D eigenvalue weighted by atomic mass is 35.5. The first-order valence-electron chi connectivity index (χ1n) is 4.20. The van der Waals surface area contributed by atoms with Crippen LogP contribution in [-0.2, 0) is 4.74 Å². The van der Waals surface area contributed by atoms with E-state index >= 15 is 0 Å². The highest BCUT2D eigenvalue weighted by Crippen LogP contribution is 2.17. The lowest BCUT2D eigenvalue weighted by Gasteiger charge is -2.26. The Morgan fingerprint density at radius 1 is 1.55 bits per heavy atom. The maximum absolute atomic E-state index is 9.46. The molecule has 0 bridgehead atoms. The number of hydrogen-bond donors (Lipinski definition) is 1. The quantitative estimate of drug-likeness (QED) is 0.665. The van der Waals surface area contributed by atoms with Gasteiger partial charge in [-0.2, -0.15) is 0 Å². The smallest absolute Gasteiger partial charge is 0.0834 e. The number of rotatable bonds is 3. The summed E-state index contributed by atoms with van der Waals surface area (Å²) in [6.07, 6.45) is 3.62. The minimum atomic E-state index is -0.354. The van der Waals surface area contributed by atoms with E-state index in [0.717, 1.165) is 19.4 Å². The molecule has 11 heavy (non-hydrogen) atoms. The van der Waals surface area contributed by atoms with Crippen molar-refractivity contribution in [3.8, 4) is 0 Å². The lowest BCUT2D eigenvalue weighted by atomic mass is 10.0. The molecule has 2 nitrogen and oxygen atoms in total. The molecule has 1 heterocycles. The van der Waals surface area contributed by atoms with E-state index in [2.05, 4.69) is 0 Å². The maximum atomic E-state index is 9.46. The highest BCUT2D eigenvalue weighted by Gasteiger charge is 2.21. The van der Waals surface area contributed by atoms with Crippen molar-refractivity contribution in [1.29, 1.82) is 0 Å². The van der Waals surface area contributed by atoms with Crippen LogP contribution < -0.4 is 0 Å². The first kappa shape index (κ1) is 9.30. The van der Waals surface area contributed by atoms with Crippen molar-refractivity contribution >= 4 is 11.6 Å². The lowest BCUT2D eigenvalue weighted by molar-refractivity contribution is -0.0622. The Morgan fingerprint density at radius 2 is 2.36 bits per heavy atom. The van der Waals surface area contributed by atoms with Crippen LogP contribution in [0.2, 0.25) is 0 Å². The molecule has 2 unspecified atom stereocenters. The van der Waals surface area contributed by atoms with Crippen LogP contribution in [0.25, 0.3) is 0 Å². The average molecular weight is 179 g/mol. The van der Waals surface area contributed by atoms with Crippen molar-refractivity contribution in [3.05, 3.63) is 0 Å². The van der Waals surface area contributed by atoms with Gasteiger partial charge in [-0.15, -0.1) is 11.6 Å². The Morgan fingerprint density at radius 3 is 2.91 bits per heavy atom. The first-order valence-corrected chi connectivity index (χ1v) is 4.73. The largest absolute Gasteiger partial charge is 0.390 e. The molecule has 0 amide bonds. The third-order valence-electron chi connectivity index (χ3n) is 2.05. The highest BCUT2D eigenvalue weighted by molar-refractivity contribution is 6.17. The van der Waals surface area contributed by atoms with Crippen LogP contribution in [0, 0.1) is 0 Å². The molecule has 0 aromatic carbocycles. The Balaban J connectivity index is 2.21. The van der Waals surface area contributed by atoms with Gasteiger partial charge >= 0.3 is 0 Å². The molecular formula is C8H15ClO2. The fourth-order valence-corrected chi connectivity index (χ4v) is 1.59. The second-order valence-corrected chi connectivity index (χ2v) is 3.33. The minimum Gasteiger partial charge on any atom is -0.390 e. The van der Waals surface area contributed by atoms with Crippen molar-refractivity contribution in [2.24, 2.45) is 0 Å². The predicted molar refractivity (Wildman–Crippen MR) is 44.9 cm³/mol. The molecule has 1 saturated heterocycles. The van der Waals surface area contributed by atoms with Crippen molar-refractivity contribution in [3.63, 3.8) is 0 Å². The van der Waals surface area contributed by atoms with Gasteiger partial charge in [-0.25, -0.2) is 0 Å². The number of hydrogen-bond acceptors (Lipinski definition) is 2. The van der Waals surface area contributed by atoms with Gasteiger partial charge in [0.05, 0.1) is 12.2 Å². The molecule has 66 valence electrons. The topological polar surface area (TPSA) is 29.5 Å². The van der Waals surface area contributed by atoms with Gasteiger partial charge in [0, 0.05) is 12.5 Å². The van der Waals surface area contributed by atoms with Gasteiger partial charge in [-0.3, -0.25) is 0 Å². The van der Waals surface area contributed by atoms with Crippen LogP contribution in [0.15, 0.2) is 0 Å². The average Bonchev–Trinajstić information content (AvgIpc) is 2.07. The van der Waals surface area contributed by atoms with Crippen LogP contribution in [0.1, 0.15) is 25.7 Å². The first-order chi connectivity index (χ1) is 5.34. The minimum absolute atomic E-state index is 0.0440. The molecule has 1 fully saturated rings. The molecule has 1 N–H and O–H groups in total. The van der Waals surface area contributed by atoms with Gasteiger partial charge in [0.2, 0.25) is 0 Å². The zero-order chi connectivity index (χ0) is 8.10. The van der Waals surface area contributed by atoms with E-state index in [9.17, 15) is 5.11 Å². The van der Waals surface area contributed by atoms with Gasteiger partial charge in [-0.1, -0.05) is 0 Å². The fourth-order valence-electron chi connectivity index (χ4n) is 1.37. The van der Waals surface area contributed by atoms with Crippen LogP contribution in [0.3, 0.4) is 0 Å². The molecule has 1 aliphatic heterocycles. The maximum Gasteiger partial charge on any atom is 0.0834 e. The summed E-state index contributed by atoms with van der Waals surface area (Å²) in [7, 11) is 0. The SMILES string of the molecule is OC(CCCl)C1CCCCO1. The monoisotopic (exact) mass is 178 g/mol. The zero-order valence-corrected chi connectivity index (χ0v) is 7.39. The van der Waals surface area contributed by atoms with E-state index in [0.29, 0.717) is 12.3 Å². The summed E-state index contributed by atoms with van der Waals surface area (Å²) in [5.41, 5.74) is 0. The van der Waals surface area contributed by atoms with Crippen molar-refractivity contribution in [2.75, 3.05) is 12.5 Å². The van der Waals surface area contributed by atoms with Gasteiger partial charge in [0.15, 0.2) is 0 Å². The number of aliphatic hydroxyl groups is 1. The molecule has 0 aromatic rings. The van der Waals surface area contributed by atoms with Crippen molar-refractivity contribution in [1.82, 2.24) is 0 Å². The van der Waals surface area contributed by atoms with E-state index < -0.39 is 0 Å². The number of alkyl halides is 1. The standard InChI is InChI=1S/C8H15ClO2/c9-5-4-7(10)8-3-1-2-6-11-8/h7-8,10H,1-6H2. The van der Waals surface area contributed by atoms with Gasteiger partial charge < -0.3 is 9.84 Å². The Hall–Kier alpha value is 0.210. The molecule has 1 rings (SSSR count). The molecule has 0 aliphatic carbocycles. The summed E-state index contributed by atoms with van der Waals surface area (Å²) in [5, 5.41) is 9.46. The molecule has 2 atom stereocenters. The summed E-state index contributed by atoms with van der Waals surface area (Å²) >= 11 is 5.50. The van der Waals surface area contributed by atoms with Crippen molar-refractivity contribution < 1.29 is 9.84 Å². The van der Waals surface area contributed by atoms with E-state index in [1.165, 1.54) is 6.42 Å². The summed E-state index contributed by atoms with van der Waals surface area (Å²) in [4.78, 5) is 0. The zero-order valence-electron chi connectivity index (χ0n) is 6.63. The Labute approximate surface area is 72.5 Å². The number of ether oxygens (including phenoxy) is 1. The molecule has 0 saturated carbocycles. The third-order valence-corrected chi connectivity index (χ3v) is 2.27. The fraction of sp³-hybridized carbons (Fsp3) is 1.00. The molecule has 0 spiro atoms. The molecule has 0 aromatic heterocycles. The lowest BCUT2D eigenvalue weighted by Crippen LogP contribution is -2.32. The Bertz CT molecular complexity index is 102. The molecular weight excluding hydrogens is 164 g/mol. The van der Waals surface area contributed by atoms with E-state index in [1.54, 1.807) is 0 Å². The molecule has 1 aliphatic rings. The second kappa shape index (κ2) is 4.96. The van der Waals surface area contributed by atoms with Crippen LogP contribution in [-0.4, -0.2) is 29.8 Å². The molecule has 0 radical (unpaired) electrons. The summed E-state index contributed by atoms with van der Waals surface area (Å²) in [5.74, 6) is 0.515. The van der Waals surface area contributed by atoms with Crippen LogP contribution in [0.5, 0.6) is 0 Å². The van der Waals surface area contributed by atoms with Crippen molar-refractivity contribution in [2.45, 2.75) is 37.9 Å². The van der Waals surface area contributed by atoms with Crippen LogP contribution in [0.4, 0.5) is 0 Å². The summed E-state index contributed by atoms with van der Waals surface area (Å²) in [6, 6.07) is 0. The second-order valence-electron chi connectivity index (χ2n) is 2.95. The normalized spacial score (nSPS) is 28.4. The van der Waals surface area contributed by atoms with Gasteiger partial charge in [0.1, 0.15) is 0 Å². The van der Waals surface area contributed by atoms with Gasteiger partial charge in [-0.05, 0) is 25.7 Å². The summed E-state index contributed by atoms with van der Waals surface area (Å²) in [6.45, 7) is 0.796. The third kappa shape index (κ3) is 2.97. The van der Waals surface area contributed by atoms with Gasteiger partial charge in [0.25, 0.3) is 0 Å². The van der Waals surface area contributed by atoms with Crippen LogP contribution >= 0.6 is 11.6 Å². The number of aliphatic hydroxyl groups excluding tert-OH is 1.